The zero-order chi connectivity index (χ0) is 15.0. The van der Waals surface area contributed by atoms with E-state index in [-0.39, 0.29) is 4.90 Å². The molecule has 0 spiro atoms. The summed E-state index contributed by atoms with van der Waals surface area (Å²) in [4.78, 5) is 0.245. The number of nitrogens with one attached hydrogen (secondary N) is 2. The zero-order valence-electron chi connectivity index (χ0n) is 12.4. The van der Waals surface area contributed by atoms with Gasteiger partial charge < -0.3 is 9.73 Å². The summed E-state index contributed by atoms with van der Waals surface area (Å²) in [6.07, 6.45) is 3.86. The lowest BCUT2D eigenvalue weighted by Gasteiger charge is -2.04. The third kappa shape index (κ3) is 5.47. The SMILES string of the molecule is CCCNCc1cc(S(=O)(=O)NCCCSC)c(C)o1. The van der Waals surface area contributed by atoms with Crippen molar-refractivity contribution >= 4 is 21.8 Å². The Bertz CT molecular complexity index is 498. The minimum absolute atomic E-state index is 0.245. The summed E-state index contributed by atoms with van der Waals surface area (Å²) in [5.74, 6) is 2.04. The molecule has 1 aromatic rings. The summed E-state index contributed by atoms with van der Waals surface area (Å²) < 4.78 is 32.4. The minimum atomic E-state index is -3.46. The first kappa shape index (κ1) is 17.6. The maximum atomic E-state index is 12.2. The predicted molar refractivity (Wildman–Crippen MR) is 83.6 cm³/mol. The van der Waals surface area contributed by atoms with Gasteiger partial charge in [0.2, 0.25) is 10.0 Å². The molecule has 0 amide bonds. The van der Waals surface area contributed by atoms with Gasteiger partial charge in [0.25, 0.3) is 0 Å². The average molecular weight is 320 g/mol. The molecule has 0 aromatic carbocycles. The van der Waals surface area contributed by atoms with Gasteiger partial charge in [0.05, 0.1) is 6.54 Å². The first-order valence-corrected chi connectivity index (χ1v) is 9.67. The van der Waals surface area contributed by atoms with Gasteiger partial charge in [0.1, 0.15) is 16.4 Å². The highest BCUT2D eigenvalue weighted by molar-refractivity contribution is 7.98. The van der Waals surface area contributed by atoms with Crippen LogP contribution in [0.3, 0.4) is 0 Å². The lowest BCUT2D eigenvalue weighted by atomic mass is 10.4. The van der Waals surface area contributed by atoms with Gasteiger partial charge in [-0.05, 0) is 38.3 Å². The van der Waals surface area contributed by atoms with E-state index in [1.54, 1.807) is 24.8 Å². The highest BCUT2D eigenvalue weighted by Crippen LogP contribution is 2.19. The normalized spacial score (nSPS) is 11.9. The van der Waals surface area contributed by atoms with Crippen LogP contribution in [0.25, 0.3) is 0 Å². The number of hydrogen-bond donors (Lipinski definition) is 2. The second-order valence-corrected chi connectivity index (χ2v) is 7.28. The molecule has 0 atom stereocenters. The Morgan fingerprint density at radius 3 is 2.75 bits per heavy atom. The van der Waals surface area contributed by atoms with Gasteiger partial charge in [0.15, 0.2) is 0 Å². The molecule has 0 fully saturated rings. The first-order chi connectivity index (χ1) is 9.51. The molecule has 20 heavy (non-hydrogen) atoms. The molecule has 7 heteroatoms. The van der Waals surface area contributed by atoms with Crippen molar-refractivity contribution < 1.29 is 12.8 Å². The van der Waals surface area contributed by atoms with Crippen LogP contribution in [0.1, 0.15) is 31.3 Å². The summed E-state index contributed by atoms with van der Waals surface area (Å²) in [6.45, 7) is 5.65. The van der Waals surface area contributed by atoms with E-state index >= 15 is 0 Å². The molecule has 0 saturated carbocycles. The zero-order valence-corrected chi connectivity index (χ0v) is 14.0. The predicted octanol–water partition coefficient (Wildman–Crippen LogP) is 2.12. The molecule has 1 aromatic heterocycles. The third-order valence-electron chi connectivity index (χ3n) is 2.76. The molecule has 0 bridgehead atoms. The summed E-state index contributed by atoms with van der Waals surface area (Å²) in [6, 6.07) is 1.61. The highest BCUT2D eigenvalue weighted by atomic mass is 32.2. The fourth-order valence-corrected chi connectivity index (χ4v) is 3.48. The van der Waals surface area contributed by atoms with Crippen molar-refractivity contribution in [1.29, 1.82) is 0 Å². The highest BCUT2D eigenvalue weighted by Gasteiger charge is 2.20. The lowest BCUT2D eigenvalue weighted by Crippen LogP contribution is -2.25. The van der Waals surface area contributed by atoms with E-state index in [0.717, 1.165) is 25.1 Å². The van der Waals surface area contributed by atoms with E-state index < -0.39 is 10.0 Å². The lowest BCUT2D eigenvalue weighted by molar-refractivity contribution is 0.457. The van der Waals surface area contributed by atoms with E-state index in [9.17, 15) is 8.42 Å². The van der Waals surface area contributed by atoms with Crippen LogP contribution in [0.15, 0.2) is 15.4 Å². The van der Waals surface area contributed by atoms with E-state index in [1.807, 2.05) is 6.26 Å². The second kappa shape index (κ2) is 8.71. The van der Waals surface area contributed by atoms with Crippen LogP contribution in [0.2, 0.25) is 0 Å². The van der Waals surface area contributed by atoms with Gasteiger partial charge in [-0.2, -0.15) is 11.8 Å². The maximum Gasteiger partial charge on any atom is 0.244 e. The Hall–Kier alpha value is -0.500. The molecule has 1 rings (SSSR count). The van der Waals surface area contributed by atoms with Crippen molar-refractivity contribution in [3.05, 3.63) is 17.6 Å². The molecular formula is C13H24N2O3S2. The van der Waals surface area contributed by atoms with Crippen molar-refractivity contribution in [3.8, 4) is 0 Å². The van der Waals surface area contributed by atoms with Crippen LogP contribution in [-0.2, 0) is 16.6 Å². The largest absolute Gasteiger partial charge is 0.464 e. The van der Waals surface area contributed by atoms with Crippen LogP contribution in [0, 0.1) is 6.92 Å². The van der Waals surface area contributed by atoms with Crippen LogP contribution in [0.5, 0.6) is 0 Å². The first-order valence-electron chi connectivity index (χ1n) is 6.80. The molecule has 2 N–H and O–H groups in total. The van der Waals surface area contributed by atoms with Crippen molar-refractivity contribution in [2.45, 2.75) is 38.1 Å². The monoisotopic (exact) mass is 320 g/mol. The van der Waals surface area contributed by atoms with Crippen LogP contribution < -0.4 is 10.0 Å². The standard InChI is InChI=1S/C13H24N2O3S2/c1-4-6-14-10-12-9-13(11(2)18-12)20(16,17)15-7-5-8-19-3/h9,14-15H,4-8,10H2,1-3H3. The van der Waals surface area contributed by atoms with Crippen LogP contribution >= 0.6 is 11.8 Å². The molecule has 0 unspecified atom stereocenters. The quantitative estimate of drug-likeness (QED) is 0.646. The fourth-order valence-electron chi connectivity index (χ4n) is 1.77. The van der Waals surface area contributed by atoms with E-state index in [2.05, 4.69) is 17.0 Å². The summed E-state index contributed by atoms with van der Waals surface area (Å²) in [7, 11) is -3.46. The van der Waals surface area contributed by atoms with Crippen molar-refractivity contribution in [2.75, 3.05) is 25.1 Å². The fraction of sp³-hybridized carbons (Fsp3) is 0.692. The average Bonchev–Trinajstić information content (AvgIpc) is 2.77. The minimum Gasteiger partial charge on any atom is -0.464 e. The van der Waals surface area contributed by atoms with Gasteiger partial charge in [-0.1, -0.05) is 6.92 Å². The summed E-state index contributed by atoms with van der Waals surface area (Å²) >= 11 is 1.70. The van der Waals surface area contributed by atoms with Crippen LogP contribution in [-0.4, -0.2) is 33.5 Å². The number of sulfonamides is 1. The van der Waals surface area contributed by atoms with Gasteiger partial charge in [-0.15, -0.1) is 0 Å². The summed E-state index contributed by atoms with van der Waals surface area (Å²) in [5.41, 5.74) is 0. The second-order valence-electron chi connectivity index (χ2n) is 4.55. The van der Waals surface area contributed by atoms with Crippen molar-refractivity contribution in [1.82, 2.24) is 10.0 Å². The number of furan rings is 1. The smallest absolute Gasteiger partial charge is 0.244 e. The van der Waals surface area contributed by atoms with Crippen LogP contribution in [0.4, 0.5) is 0 Å². The van der Waals surface area contributed by atoms with Gasteiger partial charge in [-0.25, -0.2) is 13.1 Å². The van der Waals surface area contributed by atoms with Crippen molar-refractivity contribution in [3.63, 3.8) is 0 Å². The molecule has 0 aliphatic carbocycles. The number of thioether (sulfide) groups is 1. The molecule has 116 valence electrons. The molecule has 0 aliphatic heterocycles. The summed E-state index contributed by atoms with van der Waals surface area (Å²) in [5, 5.41) is 3.19. The van der Waals surface area contributed by atoms with E-state index in [4.69, 9.17) is 4.42 Å². The van der Waals surface area contributed by atoms with Gasteiger partial charge in [-0.3, -0.25) is 0 Å². The molecule has 0 saturated heterocycles. The third-order valence-corrected chi connectivity index (χ3v) is 5.02. The molecule has 1 heterocycles. The number of aryl methyl sites for hydroxylation is 1. The number of rotatable bonds is 10. The Labute approximate surface area is 125 Å². The Balaban J connectivity index is 2.64. The van der Waals surface area contributed by atoms with E-state index in [0.29, 0.717) is 24.6 Å². The molecule has 0 aliphatic rings. The van der Waals surface area contributed by atoms with Crippen molar-refractivity contribution in [2.24, 2.45) is 0 Å². The Morgan fingerprint density at radius 1 is 1.35 bits per heavy atom. The Morgan fingerprint density at radius 2 is 2.10 bits per heavy atom. The Kier molecular flexibility index (Phi) is 7.65. The molecule has 5 nitrogen and oxygen atoms in total. The van der Waals surface area contributed by atoms with Gasteiger partial charge >= 0.3 is 0 Å². The number of hydrogen-bond acceptors (Lipinski definition) is 5. The molecular weight excluding hydrogens is 296 g/mol. The maximum absolute atomic E-state index is 12.2. The van der Waals surface area contributed by atoms with E-state index in [1.165, 1.54) is 0 Å². The van der Waals surface area contributed by atoms with Gasteiger partial charge in [0, 0.05) is 12.6 Å². The topological polar surface area (TPSA) is 71.3 Å². The molecule has 0 radical (unpaired) electrons.